The van der Waals surface area contributed by atoms with Gasteiger partial charge in [0.1, 0.15) is 17.3 Å². The second kappa shape index (κ2) is 4.77. The van der Waals surface area contributed by atoms with Gasteiger partial charge in [0.25, 0.3) is 0 Å². The molecule has 2 rings (SSSR count). The van der Waals surface area contributed by atoms with Gasteiger partial charge in [-0.3, -0.25) is 5.10 Å². The Morgan fingerprint density at radius 3 is 2.60 bits per heavy atom. The number of phenolic OH excluding ortho intramolecular Hbond substituents is 1. The van der Waals surface area contributed by atoms with Crippen LogP contribution in [0.2, 0.25) is 0 Å². The van der Waals surface area contributed by atoms with Crippen molar-refractivity contribution in [3.8, 4) is 28.8 Å². The van der Waals surface area contributed by atoms with Crippen LogP contribution in [0, 0.1) is 11.3 Å². The first-order valence-corrected chi connectivity index (χ1v) is 5.31. The van der Waals surface area contributed by atoms with Crippen molar-refractivity contribution in [2.24, 2.45) is 0 Å². The maximum Gasteiger partial charge on any atom is 0.434 e. The number of methoxy groups -OCH3 is 1. The Morgan fingerprint density at radius 2 is 2.10 bits per heavy atom. The number of ether oxygens (including phenoxy) is 1. The number of aromatic nitrogens is 2. The lowest BCUT2D eigenvalue weighted by Crippen LogP contribution is -2.07. The maximum absolute atomic E-state index is 12.7. The fourth-order valence-electron chi connectivity index (χ4n) is 1.70. The van der Waals surface area contributed by atoms with Crippen LogP contribution < -0.4 is 4.74 Å². The van der Waals surface area contributed by atoms with Gasteiger partial charge < -0.3 is 9.84 Å². The van der Waals surface area contributed by atoms with Crippen LogP contribution in [0.15, 0.2) is 18.2 Å². The summed E-state index contributed by atoms with van der Waals surface area (Å²) in [4.78, 5) is 0. The van der Waals surface area contributed by atoms with Crippen molar-refractivity contribution in [2.75, 3.05) is 7.11 Å². The number of nitrogens with zero attached hydrogens (tertiary/aromatic N) is 2. The lowest BCUT2D eigenvalue weighted by Gasteiger charge is -2.05. The highest BCUT2D eigenvalue weighted by atomic mass is 19.4. The van der Waals surface area contributed by atoms with E-state index < -0.39 is 17.4 Å². The zero-order chi connectivity index (χ0) is 14.9. The molecule has 1 aromatic heterocycles. The van der Waals surface area contributed by atoms with Crippen molar-refractivity contribution < 1.29 is 23.0 Å². The van der Waals surface area contributed by atoms with Crippen LogP contribution in [0.25, 0.3) is 11.3 Å². The first kappa shape index (κ1) is 13.7. The molecule has 0 saturated heterocycles. The summed E-state index contributed by atoms with van der Waals surface area (Å²) in [6.07, 6.45) is -4.70. The third kappa shape index (κ3) is 2.25. The van der Waals surface area contributed by atoms with Crippen LogP contribution in [-0.4, -0.2) is 22.4 Å². The third-order valence-corrected chi connectivity index (χ3v) is 2.61. The molecule has 0 bridgehead atoms. The molecule has 0 spiro atoms. The Balaban J connectivity index is 2.57. The number of phenols is 1. The van der Waals surface area contributed by atoms with Crippen molar-refractivity contribution >= 4 is 0 Å². The number of aromatic amines is 1. The van der Waals surface area contributed by atoms with Gasteiger partial charge >= 0.3 is 6.18 Å². The van der Waals surface area contributed by atoms with E-state index >= 15 is 0 Å². The molecule has 0 aliphatic heterocycles. The van der Waals surface area contributed by atoms with E-state index in [1.54, 1.807) is 5.10 Å². The minimum absolute atomic E-state index is 0.166. The van der Waals surface area contributed by atoms with Gasteiger partial charge in [-0.15, -0.1) is 0 Å². The van der Waals surface area contributed by atoms with Crippen LogP contribution in [-0.2, 0) is 6.18 Å². The number of H-pyrrole nitrogens is 1. The number of rotatable bonds is 2. The summed E-state index contributed by atoms with van der Waals surface area (Å²) in [7, 11) is 1.34. The first-order valence-electron chi connectivity index (χ1n) is 5.31. The predicted octanol–water partition coefficient (Wildman–Crippen LogP) is 2.68. The lowest BCUT2D eigenvalue weighted by atomic mass is 10.1. The number of nitrogens with one attached hydrogen (secondary N) is 1. The van der Waals surface area contributed by atoms with Gasteiger partial charge in [-0.25, -0.2) is 0 Å². The Kier molecular flexibility index (Phi) is 3.28. The standard InChI is InChI=1S/C12H8F3N3O2/c1-20-9-3-2-6(4-8(9)19)10-7(5-16)11(18-17-10)12(13,14)15/h2-4,19H,1H3,(H,17,18). The molecule has 0 amide bonds. The molecular formula is C12H8F3N3O2. The SMILES string of the molecule is COc1ccc(-c2n[nH]c(C(F)(F)F)c2C#N)cc1O. The minimum Gasteiger partial charge on any atom is -0.504 e. The summed E-state index contributed by atoms with van der Waals surface area (Å²) in [5.41, 5.74) is -1.85. The van der Waals surface area contributed by atoms with Gasteiger partial charge in [0, 0.05) is 5.56 Å². The zero-order valence-electron chi connectivity index (χ0n) is 10.1. The highest BCUT2D eigenvalue weighted by molar-refractivity contribution is 5.70. The zero-order valence-corrected chi connectivity index (χ0v) is 10.1. The van der Waals surface area contributed by atoms with Gasteiger partial charge in [-0.05, 0) is 18.2 Å². The quantitative estimate of drug-likeness (QED) is 0.887. The average Bonchev–Trinajstić information content (AvgIpc) is 2.82. The van der Waals surface area contributed by atoms with Gasteiger partial charge in [0.05, 0.1) is 7.11 Å². The third-order valence-electron chi connectivity index (χ3n) is 2.61. The van der Waals surface area contributed by atoms with E-state index in [-0.39, 0.29) is 22.8 Å². The van der Waals surface area contributed by atoms with Gasteiger partial charge in [-0.2, -0.15) is 23.5 Å². The molecule has 0 fully saturated rings. The van der Waals surface area contributed by atoms with Crippen molar-refractivity contribution in [1.82, 2.24) is 10.2 Å². The normalized spacial score (nSPS) is 11.2. The molecule has 0 radical (unpaired) electrons. The highest BCUT2D eigenvalue weighted by Gasteiger charge is 2.37. The van der Waals surface area contributed by atoms with E-state index in [0.717, 1.165) is 0 Å². The largest absolute Gasteiger partial charge is 0.504 e. The summed E-state index contributed by atoms with van der Waals surface area (Å²) in [6.45, 7) is 0. The van der Waals surface area contributed by atoms with Gasteiger partial charge in [0.2, 0.25) is 0 Å². The molecule has 20 heavy (non-hydrogen) atoms. The smallest absolute Gasteiger partial charge is 0.434 e. The van der Waals surface area contributed by atoms with Gasteiger partial charge in [-0.1, -0.05) is 0 Å². The Morgan fingerprint density at radius 1 is 1.40 bits per heavy atom. The number of nitriles is 1. The van der Waals surface area contributed by atoms with E-state index in [0.29, 0.717) is 0 Å². The van der Waals surface area contributed by atoms with Gasteiger partial charge in [0.15, 0.2) is 17.2 Å². The maximum atomic E-state index is 12.7. The molecule has 0 atom stereocenters. The van der Waals surface area contributed by atoms with E-state index in [1.807, 2.05) is 0 Å². The van der Waals surface area contributed by atoms with E-state index in [1.165, 1.54) is 31.4 Å². The van der Waals surface area contributed by atoms with Crippen molar-refractivity contribution in [3.63, 3.8) is 0 Å². The number of benzene rings is 1. The second-order valence-corrected chi connectivity index (χ2v) is 3.82. The molecule has 0 aliphatic carbocycles. The molecule has 2 aromatic rings. The van der Waals surface area contributed by atoms with E-state index in [4.69, 9.17) is 10.00 Å². The van der Waals surface area contributed by atoms with Crippen LogP contribution in [0.5, 0.6) is 11.5 Å². The van der Waals surface area contributed by atoms with Crippen molar-refractivity contribution in [2.45, 2.75) is 6.18 Å². The molecule has 2 N–H and O–H groups in total. The summed E-state index contributed by atoms with van der Waals surface area (Å²) >= 11 is 0. The molecule has 5 nitrogen and oxygen atoms in total. The van der Waals surface area contributed by atoms with Crippen LogP contribution in [0.1, 0.15) is 11.3 Å². The van der Waals surface area contributed by atoms with Crippen LogP contribution in [0.4, 0.5) is 13.2 Å². The molecule has 0 unspecified atom stereocenters. The Labute approximate surface area is 111 Å². The molecule has 0 saturated carbocycles. The number of hydrogen-bond donors (Lipinski definition) is 2. The predicted molar refractivity (Wildman–Crippen MR) is 62.0 cm³/mol. The van der Waals surface area contributed by atoms with Crippen LogP contribution >= 0.6 is 0 Å². The number of aromatic hydroxyl groups is 1. The summed E-state index contributed by atoms with van der Waals surface area (Å²) in [5.74, 6) is -0.0933. The lowest BCUT2D eigenvalue weighted by molar-refractivity contribution is -0.141. The average molecular weight is 283 g/mol. The van der Waals surface area contributed by atoms with E-state index in [2.05, 4.69) is 5.10 Å². The second-order valence-electron chi connectivity index (χ2n) is 3.82. The molecule has 0 aliphatic rings. The fourth-order valence-corrected chi connectivity index (χ4v) is 1.70. The number of halogens is 3. The molecule has 104 valence electrons. The van der Waals surface area contributed by atoms with Crippen molar-refractivity contribution in [1.29, 1.82) is 5.26 Å². The number of hydrogen-bond acceptors (Lipinski definition) is 4. The van der Waals surface area contributed by atoms with Crippen LogP contribution in [0.3, 0.4) is 0 Å². The van der Waals surface area contributed by atoms with E-state index in [9.17, 15) is 18.3 Å². The molecular weight excluding hydrogens is 275 g/mol. The molecule has 1 aromatic carbocycles. The summed E-state index contributed by atoms with van der Waals surface area (Å²) in [6, 6.07) is 5.41. The Bertz CT molecular complexity index is 686. The number of alkyl halides is 3. The van der Waals surface area contributed by atoms with Crippen molar-refractivity contribution in [3.05, 3.63) is 29.5 Å². The first-order chi connectivity index (χ1) is 9.38. The monoisotopic (exact) mass is 283 g/mol. The minimum atomic E-state index is -4.70. The summed E-state index contributed by atoms with van der Waals surface area (Å²) < 4.78 is 42.8. The Hall–Kier alpha value is -2.69. The summed E-state index contributed by atoms with van der Waals surface area (Å²) in [5, 5.41) is 23.8. The topological polar surface area (TPSA) is 81.9 Å². The highest BCUT2D eigenvalue weighted by Crippen LogP contribution is 2.36. The fraction of sp³-hybridized carbons (Fsp3) is 0.167. The molecule has 1 heterocycles. The molecule has 8 heteroatoms.